The fraction of sp³-hybridized carbons (Fsp3) is 0.111. The standard InChI is InChI=1S/C9H9NO2S/c1-7(10(11)12)5-8-3-2-4-9(13)6-8/h2-6,13H,1H3/b7-5+. The van der Waals surface area contributed by atoms with Crippen molar-refractivity contribution < 1.29 is 4.92 Å². The molecule has 0 bridgehead atoms. The lowest BCUT2D eigenvalue weighted by atomic mass is 10.2. The van der Waals surface area contributed by atoms with E-state index in [0.717, 1.165) is 10.5 Å². The molecule has 1 aromatic carbocycles. The summed E-state index contributed by atoms with van der Waals surface area (Å²) in [6.07, 6.45) is 1.51. The highest BCUT2D eigenvalue weighted by atomic mass is 32.1. The molecule has 13 heavy (non-hydrogen) atoms. The Labute approximate surface area is 81.6 Å². The Morgan fingerprint density at radius 1 is 1.62 bits per heavy atom. The van der Waals surface area contributed by atoms with Gasteiger partial charge in [0, 0.05) is 17.9 Å². The van der Waals surface area contributed by atoms with Crippen LogP contribution in [0.2, 0.25) is 0 Å². The Morgan fingerprint density at radius 2 is 2.31 bits per heavy atom. The van der Waals surface area contributed by atoms with Crippen molar-refractivity contribution >= 4 is 18.7 Å². The minimum Gasteiger partial charge on any atom is -0.259 e. The van der Waals surface area contributed by atoms with Gasteiger partial charge in [0.1, 0.15) is 0 Å². The van der Waals surface area contributed by atoms with Crippen LogP contribution < -0.4 is 0 Å². The van der Waals surface area contributed by atoms with Gasteiger partial charge in [-0.2, -0.15) is 0 Å². The predicted molar refractivity (Wildman–Crippen MR) is 54.3 cm³/mol. The van der Waals surface area contributed by atoms with Crippen molar-refractivity contribution in [2.24, 2.45) is 0 Å². The molecule has 0 aromatic heterocycles. The lowest BCUT2D eigenvalue weighted by Crippen LogP contribution is -1.92. The normalized spacial score (nSPS) is 11.4. The molecule has 3 nitrogen and oxygen atoms in total. The summed E-state index contributed by atoms with van der Waals surface area (Å²) in [5, 5.41) is 10.3. The van der Waals surface area contributed by atoms with E-state index in [1.165, 1.54) is 13.0 Å². The number of nitrogens with zero attached hydrogens (tertiary/aromatic N) is 1. The second-order valence-corrected chi connectivity index (χ2v) is 3.15. The van der Waals surface area contributed by atoms with Gasteiger partial charge in [-0.3, -0.25) is 10.1 Å². The van der Waals surface area contributed by atoms with Crippen LogP contribution in [0.25, 0.3) is 6.08 Å². The van der Waals surface area contributed by atoms with E-state index in [0.29, 0.717) is 0 Å². The zero-order chi connectivity index (χ0) is 9.84. The van der Waals surface area contributed by atoms with Gasteiger partial charge in [0.25, 0.3) is 0 Å². The van der Waals surface area contributed by atoms with Crippen LogP contribution in [-0.4, -0.2) is 4.92 Å². The van der Waals surface area contributed by atoms with Crippen molar-refractivity contribution in [3.8, 4) is 0 Å². The molecule has 0 saturated heterocycles. The highest BCUT2D eigenvalue weighted by Gasteiger charge is 2.01. The first kappa shape index (κ1) is 9.80. The van der Waals surface area contributed by atoms with Gasteiger partial charge in [0.2, 0.25) is 5.70 Å². The third-order valence-electron chi connectivity index (χ3n) is 1.53. The maximum Gasteiger partial charge on any atom is 0.243 e. The van der Waals surface area contributed by atoms with Gasteiger partial charge in [-0.1, -0.05) is 12.1 Å². The molecule has 0 radical (unpaired) electrons. The van der Waals surface area contributed by atoms with E-state index >= 15 is 0 Å². The predicted octanol–water partition coefficient (Wildman–Crippen LogP) is 2.61. The Kier molecular flexibility index (Phi) is 3.08. The summed E-state index contributed by atoms with van der Waals surface area (Å²) >= 11 is 4.13. The van der Waals surface area contributed by atoms with E-state index in [1.807, 2.05) is 6.07 Å². The third-order valence-corrected chi connectivity index (χ3v) is 1.81. The summed E-state index contributed by atoms with van der Waals surface area (Å²) in [5.74, 6) is 0. The van der Waals surface area contributed by atoms with E-state index in [-0.39, 0.29) is 5.70 Å². The lowest BCUT2D eigenvalue weighted by molar-refractivity contribution is -0.422. The first-order valence-corrected chi connectivity index (χ1v) is 4.16. The van der Waals surface area contributed by atoms with Crippen LogP contribution in [0.3, 0.4) is 0 Å². The SMILES string of the molecule is C/C(=C\c1cccc(S)c1)[N+](=O)[O-]. The number of hydrogen-bond donors (Lipinski definition) is 1. The fourth-order valence-electron chi connectivity index (χ4n) is 0.908. The molecule has 1 aromatic rings. The monoisotopic (exact) mass is 195 g/mol. The average Bonchev–Trinajstić information content (AvgIpc) is 2.04. The molecule has 0 spiro atoms. The molecule has 0 fully saturated rings. The molecule has 0 N–H and O–H groups in total. The number of allylic oxidation sites excluding steroid dienone is 1. The van der Waals surface area contributed by atoms with E-state index < -0.39 is 4.92 Å². The van der Waals surface area contributed by atoms with Gasteiger partial charge in [0.05, 0.1) is 4.92 Å². The van der Waals surface area contributed by atoms with Gasteiger partial charge in [-0.15, -0.1) is 12.6 Å². The fourth-order valence-corrected chi connectivity index (χ4v) is 1.14. The molecule has 0 saturated carbocycles. The van der Waals surface area contributed by atoms with Gasteiger partial charge < -0.3 is 0 Å². The van der Waals surface area contributed by atoms with E-state index in [4.69, 9.17) is 0 Å². The lowest BCUT2D eigenvalue weighted by Gasteiger charge is -1.94. The van der Waals surface area contributed by atoms with Crippen molar-refractivity contribution in [3.63, 3.8) is 0 Å². The Balaban J connectivity index is 2.97. The van der Waals surface area contributed by atoms with Gasteiger partial charge in [-0.25, -0.2) is 0 Å². The molecule has 1 rings (SSSR count). The molecule has 0 amide bonds. The van der Waals surface area contributed by atoms with Crippen LogP contribution in [0, 0.1) is 10.1 Å². The Morgan fingerprint density at radius 3 is 2.85 bits per heavy atom. The molecule has 0 aliphatic carbocycles. The highest BCUT2D eigenvalue weighted by Crippen LogP contribution is 2.12. The third kappa shape index (κ3) is 2.91. The molecule has 68 valence electrons. The molecular formula is C9H9NO2S. The van der Waals surface area contributed by atoms with Crippen molar-refractivity contribution in [2.45, 2.75) is 11.8 Å². The Bertz CT molecular complexity index is 360. The largest absolute Gasteiger partial charge is 0.259 e. The molecule has 0 atom stereocenters. The number of rotatable bonds is 2. The average molecular weight is 195 g/mol. The summed E-state index contributed by atoms with van der Waals surface area (Å²) in [6, 6.07) is 7.20. The quantitative estimate of drug-likeness (QED) is 0.448. The summed E-state index contributed by atoms with van der Waals surface area (Å²) in [7, 11) is 0. The maximum atomic E-state index is 10.3. The summed E-state index contributed by atoms with van der Waals surface area (Å²) in [5.41, 5.74) is 0.917. The minimum absolute atomic E-state index is 0.124. The second kappa shape index (κ2) is 4.09. The summed E-state index contributed by atoms with van der Waals surface area (Å²) < 4.78 is 0. The van der Waals surface area contributed by atoms with E-state index in [2.05, 4.69) is 12.6 Å². The summed E-state index contributed by atoms with van der Waals surface area (Å²) in [6.45, 7) is 1.46. The van der Waals surface area contributed by atoms with Crippen LogP contribution in [0.1, 0.15) is 12.5 Å². The van der Waals surface area contributed by atoms with Crippen molar-refractivity contribution in [1.29, 1.82) is 0 Å². The van der Waals surface area contributed by atoms with Gasteiger partial charge >= 0.3 is 0 Å². The molecule has 0 aliphatic rings. The van der Waals surface area contributed by atoms with Crippen LogP contribution >= 0.6 is 12.6 Å². The first-order chi connectivity index (χ1) is 6.09. The van der Waals surface area contributed by atoms with Crippen LogP contribution in [0.5, 0.6) is 0 Å². The number of benzene rings is 1. The first-order valence-electron chi connectivity index (χ1n) is 3.71. The molecule has 0 heterocycles. The highest BCUT2D eigenvalue weighted by molar-refractivity contribution is 7.80. The van der Waals surface area contributed by atoms with Crippen molar-refractivity contribution in [2.75, 3.05) is 0 Å². The zero-order valence-electron chi connectivity index (χ0n) is 7.10. The zero-order valence-corrected chi connectivity index (χ0v) is 7.99. The molecule has 0 aliphatic heterocycles. The van der Waals surface area contributed by atoms with Crippen molar-refractivity contribution in [1.82, 2.24) is 0 Å². The summed E-state index contributed by atoms with van der Waals surface area (Å²) in [4.78, 5) is 10.7. The molecular weight excluding hydrogens is 186 g/mol. The smallest absolute Gasteiger partial charge is 0.243 e. The molecule has 0 unspecified atom stereocenters. The molecule has 4 heteroatoms. The number of hydrogen-bond acceptors (Lipinski definition) is 3. The van der Waals surface area contributed by atoms with Crippen molar-refractivity contribution in [3.05, 3.63) is 45.6 Å². The second-order valence-electron chi connectivity index (χ2n) is 2.64. The van der Waals surface area contributed by atoms with Gasteiger partial charge in [0.15, 0.2) is 0 Å². The van der Waals surface area contributed by atoms with Crippen LogP contribution in [-0.2, 0) is 0 Å². The van der Waals surface area contributed by atoms with Crippen LogP contribution in [0.4, 0.5) is 0 Å². The van der Waals surface area contributed by atoms with E-state index in [1.54, 1.807) is 18.2 Å². The topological polar surface area (TPSA) is 43.1 Å². The number of nitro groups is 1. The minimum atomic E-state index is -0.412. The van der Waals surface area contributed by atoms with E-state index in [9.17, 15) is 10.1 Å². The van der Waals surface area contributed by atoms with Crippen LogP contribution in [0.15, 0.2) is 34.9 Å². The maximum absolute atomic E-state index is 10.3. The number of thiol groups is 1. The Hall–Kier alpha value is -1.29. The van der Waals surface area contributed by atoms with Gasteiger partial charge in [-0.05, 0) is 17.7 Å².